The quantitative estimate of drug-likeness (QED) is 0.196. The minimum Gasteiger partial charge on any atom is -0.822 e. The van der Waals surface area contributed by atoms with E-state index in [4.69, 9.17) is 0 Å². The van der Waals surface area contributed by atoms with Crippen LogP contribution < -0.4 is 19.3 Å². The maximum absolute atomic E-state index is 13.9. The molecule has 0 aliphatic heterocycles. The molecular weight excluding hydrogens is 557 g/mol. The molecule has 0 unspecified atom stereocenters. The van der Waals surface area contributed by atoms with Gasteiger partial charge < -0.3 is 10.2 Å². The van der Waals surface area contributed by atoms with Crippen LogP contribution in [0.1, 0.15) is 0 Å². The molecule has 7 rings (SSSR count). The van der Waals surface area contributed by atoms with Gasteiger partial charge in [0.05, 0.1) is 20.9 Å². The summed E-state index contributed by atoms with van der Waals surface area (Å²) in [5, 5.41) is 29.5. The third-order valence-corrected chi connectivity index (χ3v) is 9.53. The lowest BCUT2D eigenvalue weighted by molar-refractivity contribution is -0.639. The molecule has 202 valence electrons. The van der Waals surface area contributed by atoms with E-state index < -0.39 is 0 Å². The minimum absolute atomic E-state index is 0.0677. The summed E-state index contributed by atoms with van der Waals surface area (Å²) < 4.78 is 3.55. The van der Waals surface area contributed by atoms with Crippen LogP contribution in [0.2, 0.25) is 0 Å². The molecule has 7 aromatic rings. The maximum Gasteiger partial charge on any atom is 0.274 e. The standard InChI is InChI=1S/C36H24N2O2S2/c39-33-31(25-13-5-1-6-14-25)41-35(27-17-9-3-10-18-27)37(33)29-21-23-30(24-22-29)38-34(40)32(26-15-7-2-8-16-26)42-36(38)28-19-11-4-12-20-28/h1-24H. The van der Waals surface area contributed by atoms with Gasteiger partial charge in [-0.2, -0.15) is 9.13 Å². The molecule has 2 heterocycles. The molecule has 4 nitrogen and oxygen atoms in total. The fraction of sp³-hybridized carbons (Fsp3) is 0. The Balaban J connectivity index is 1.37. The topological polar surface area (TPSA) is 53.9 Å². The maximum atomic E-state index is 13.9. The van der Waals surface area contributed by atoms with Gasteiger partial charge in [0.2, 0.25) is 11.4 Å². The van der Waals surface area contributed by atoms with Gasteiger partial charge in [-0.15, -0.1) is 0 Å². The lowest BCUT2D eigenvalue weighted by Crippen LogP contribution is -2.36. The van der Waals surface area contributed by atoms with E-state index in [-0.39, 0.29) is 11.8 Å². The average Bonchev–Trinajstić information content (AvgIpc) is 3.59. The first-order valence-electron chi connectivity index (χ1n) is 13.5. The van der Waals surface area contributed by atoms with Crippen molar-refractivity contribution in [2.24, 2.45) is 0 Å². The van der Waals surface area contributed by atoms with E-state index in [1.54, 1.807) is 9.13 Å². The van der Waals surface area contributed by atoms with Crippen LogP contribution in [-0.2, 0) is 0 Å². The average molecular weight is 581 g/mol. The number of nitrogens with zero attached hydrogens (tertiary/aromatic N) is 2. The number of benzene rings is 5. The van der Waals surface area contributed by atoms with Gasteiger partial charge in [0.25, 0.3) is 10.0 Å². The third-order valence-electron chi connectivity index (χ3n) is 7.08. The molecule has 42 heavy (non-hydrogen) atoms. The van der Waals surface area contributed by atoms with Crippen LogP contribution in [-0.4, -0.2) is 0 Å². The van der Waals surface area contributed by atoms with Crippen molar-refractivity contribution in [3.63, 3.8) is 0 Å². The summed E-state index contributed by atoms with van der Waals surface area (Å²) in [5.41, 5.74) is 5.22. The zero-order valence-electron chi connectivity index (χ0n) is 22.4. The molecule has 0 aliphatic carbocycles. The summed E-state index contributed by atoms with van der Waals surface area (Å²) in [4.78, 5) is 1.37. The van der Waals surface area contributed by atoms with Crippen molar-refractivity contribution in [3.05, 3.63) is 146 Å². The van der Waals surface area contributed by atoms with Crippen molar-refractivity contribution in [3.8, 4) is 65.2 Å². The molecule has 0 atom stereocenters. The van der Waals surface area contributed by atoms with Crippen LogP contribution in [0, 0.1) is 0 Å². The van der Waals surface area contributed by atoms with Crippen molar-refractivity contribution in [1.29, 1.82) is 0 Å². The Morgan fingerprint density at radius 1 is 0.357 bits per heavy atom. The molecule has 0 bridgehead atoms. The molecular formula is C36H24N2O2S2. The molecule has 0 aliphatic rings. The molecule has 0 saturated carbocycles. The van der Waals surface area contributed by atoms with Gasteiger partial charge in [0, 0.05) is 24.3 Å². The zero-order chi connectivity index (χ0) is 28.5. The van der Waals surface area contributed by atoms with Crippen LogP contribution in [0.4, 0.5) is 0 Å². The molecule has 0 N–H and O–H groups in total. The smallest absolute Gasteiger partial charge is 0.274 e. The summed E-state index contributed by atoms with van der Waals surface area (Å²) in [6, 6.07) is 47.2. The fourth-order valence-electron chi connectivity index (χ4n) is 5.06. The van der Waals surface area contributed by atoms with Crippen molar-refractivity contribution in [1.82, 2.24) is 0 Å². The van der Waals surface area contributed by atoms with Crippen LogP contribution in [0.15, 0.2) is 146 Å². The number of hydrogen-bond acceptors (Lipinski definition) is 4. The second-order valence-corrected chi connectivity index (χ2v) is 11.7. The number of rotatable bonds is 6. The molecule has 5 aromatic carbocycles. The summed E-state index contributed by atoms with van der Waals surface area (Å²) in [7, 11) is 0. The van der Waals surface area contributed by atoms with Gasteiger partial charge in [0.1, 0.15) is 0 Å². The van der Waals surface area contributed by atoms with Gasteiger partial charge in [0.15, 0.2) is 11.8 Å². The Morgan fingerprint density at radius 2 is 0.643 bits per heavy atom. The predicted octanol–water partition coefficient (Wildman–Crippen LogP) is 7.18. The SMILES string of the molecule is [O-]c1c(-c2ccccc2)sc(-c2ccccc2)[n+]1-c1ccc(-[n+]2c(-c3ccccc3)sc(-c3ccccc3)c2[O-])cc1. The van der Waals surface area contributed by atoms with E-state index in [0.29, 0.717) is 9.75 Å². The summed E-state index contributed by atoms with van der Waals surface area (Å²) in [5.74, 6) is -0.135. The van der Waals surface area contributed by atoms with E-state index in [0.717, 1.165) is 43.6 Å². The van der Waals surface area contributed by atoms with Gasteiger partial charge >= 0.3 is 0 Å². The Morgan fingerprint density at radius 3 is 0.952 bits per heavy atom. The number of thiazole rings is 2. The Kier molecular flexibility index (Phi) is 6.84. The van der Waals surface area contributed by atoms with Gasteiger partial charge in [-0.3, -0.25) is 0 Å². The Hall–Kier alpha value is -5.04. The first kappa shape index (κ1) is 25.9. The second-order valence-electron chi connectivity index (χ2n) is 9.73. The highest BCUT2D eigenvalue weighted by molar-refractivity contribution is 7.18. The monoisotopic (exact) mass is 580 g/mol. The lowest BCUT2D eigenvalue weighted by Gasteiger charge is -2.08. The van der Waals surface area contributed by atoms with Crippen molar-refractivity contribution in [2.75, 3.05) is 0 Å². The number of aromatic nitrogens is 2. The largest absolute Gasteiger partial charge is 0.822 e. The lowest BCUT2D eigenvalue weighted by atomic mass is 10.2. The van der Waals surface area contributed by atoms with Crippen LogP contribution in [0.5, 0.6) is 11.8 Å². The van der Waals surface area contributed by atoms with Gasteiger partial charge in [-0.1, -0.05) is 120 Å². The molecule has 0 spiro atoms. The van der Waals surface area contributed by atoms with E-state index in [1.165, 1.54) is 22.7 Å². The molecule has 0 radical (unpaired) electrons. The van der Waals surface area contributed by atoms with E-state index in [9.17, 15) is 10.2 Å². The summed E-state index contributed by atoms with van der Waals surface area (Å²) >= 11 is 2.98. The Bertz CT molecular complexity index is 1820. The normalized spacial score (nSPS) is 11.0. The first-order chi connectivity index (χ1) is 20.7. The van der Waals surface area contributed by atoms with Crippen LogP contribution in [0.25, 0.3) is 53.4 Å². The molecule has 0 amide bonds. The van der Waals surface area contributed by atoms with Crippen LogP contribution >= 0.6 is 22.7 Å². The van der Waals surface area contributed by atoms with Gasteiger partial charge in [-0.25, -0.2) is 0 Å². The highest BCUT2D eigenvalue weighted by atomic mass is 32.1. The fourth-order valence-corrected chi connectivity index (χ4v) is 7.38. The zero-order valence-corrected chi connectivity index (χ0v) is 24.0. The van der Waals surface area contributed by atoms with Crippen molar-refractivity contribution < 1.29 is 19.3 Å². The van der Waals surface area contributed by atoms with Crippen LogP contribution in [0.3, 0.4) is 0 Å². The molecule has 6 heteroatoms. The van der Waals surface area contributed by atoms with Crippen molar-refractivity contribution >= 4 is 22.7 Å². The Labute approximate surface area is 252 Å². The molecule has 2 aromatic heterocycles. The van der Waals surface area contributed by atoms with Crippen molar-refractivity contribution in [2.45, 2.75) is 0 Å². The third kappa shape index (κ3) is 4.67. The number of hydrogen-bond donors (Lipinski definition) is 0. The summed E-state index contributed by atoms with van der Waals surface area (Å²) in [6.45, 7) is 0. The highest BCUT2D eigenvalue weighted by Crippen LogP contribution is 2.39. The van der Waals surface area contributed by atoms with Gasteiger partial charge in [-0.05, 0) is 35.4 Å². The first-order valence-corrected chi connectivity index (χ1v) is 15.2. The van der Waals surface area contributed by atoms with E-state index in [2.05, 4.69) is 0 Å². The van der Waals surface area contributed by atoms with E-state index in [1.807, 2.05) is 146 Å². The highest BCUT2D eigenvalue weighted by Gasteiger charge is 2.28. The predicted molar refractivity (Wildman–Crippen MR) is 166 cm³/mol. The second kappa shape index (κ2) is 11.1. The van der Waals surface area contributed by atoms with E-state index >= 15 is 0 Å². The summed E-state index contributed by atoms with van der Waals surface area (Å²) in [6.07, 6.45) is 0. The molecule has 0 saturated heterocycles. The minimum atomic E-state index is -0.0677. The molecule has 0 fully saturated rings.